The third-order valence-electron chi connectivity index (χ3n) is 5.13. The molecule has 2 atom stereocenters. The first kappa shape index (κ1) is 22.4. The molecule has 6 heteroatoms. The van der Waals surface area contributed by atoms with Gasteiger partial charge in [-0.15, -0.1) is 12.4 Å². The van der Waals surface area contributed by atoms with Gasteiger partial charge in [0.25, 0.3) is 5.91 Å². The van der Waals surface area contributed by atoms with Crippen LogP contribution in [-0.4, -0.2) is 42.6 Å². The van der Waals surface area contributed by atoms with Crippen LogP contribution in [0.3, 0.4) is 0 Å². The second-order valence-electron chi connectivity index (χ2n) is 7.71. The van der Waals surface area contributed by atoms with Crippen LogP contribution >= 0.6 is 12.4 Å². The minimum atomic E-state index is -0.823. The SMILES string of the molecule is COC(C)(C)C(=O)N[C@H]1CN(Cc2cccc(C#N)c2)C[C@@H]1C(C)C.Cl. The third-order valence-corrected chi connectivity index (χ3v) is 5.13. The Morgan fingerprint density at radius 3 is 2.69 bits per heavy atom. The average Bonchev–Trinajstić information content (AvgIpc) is 2.97. The minimum Gasteiger partial charge on any atom is -0.369 e. The number of rotatable bonds is 6. The van der Waals surface area contributed by atoms with Crippen molar-refractivity contribution in [1.82, 2.24) is 10.2 Å². The van der Waals surface area contributed by atoms with Crippen LogP contribution in [0.25, 0.3) is 0 Å². The van der Waals surface area contributed by atoms with E-state index in [1.54, 1.807) is 21.0 Å². The Hall–Kier alpha value is -1.61. The van der Waals surface area contributed by atoms with E-state index in [1.807, 2.05) is 24.3 Å². The summed E-state index contributed by atoms with van der Waals surface area (Å²) in [5.41, 5.74) is 0.991. The summed E-state index contributed by atoms with van der Waals surface area (Å²) in [7, 11) is 1.56. The molecule has 0 spiro atoms. The number of amides is 1. The molecule has 1 aromatic rings. The maximum atomic E-state index is 12.5. The molecule has 0 aromatic heterocycles. The Morgan fingerprint density at radius 2 is 2.12 bits per heavy atom. The Balaban J connectivity index is 0.00000338. The average molecular weight is 380 g/mol. The lowest BCUT2D eigenvalue weighted by atomic mass is 9.91. The second kappa shape index (κ2) is 9.36. The van der Waals surface area contributed by atoms with Crippen LogP contribution in [-0.2, 0) is 16.1 Å². The highest BCUT2D eigenvalue weighted by molar-refractivity contribution is 5.85. The number of nitrogens with zero attached hydrogens (tertiary/aromatic N) is 2. The molecule has 1 aromatic carbocycles. The van der Waals surface area contributed by atoms with Gasteiger partial charge in [0.05, 0.1) is 11.6 Å². The van der Waals surface area contributed by atoms with E-state index in [1.165, 1.54) is 0 Å². The number of nitriles is 1. The molecule has 144 valence electrons. The standard InChI is InChI=1S/C20H29N3O2.ClH/c1-14(2)17-12-23(11-16-8-6-7-15(9-16)10-21)13-18(17)22-19(24)20(3,4)25-5;/h6-9,14,17-18H,11-13H2,1-5H3,(H,22,24);1H/t17-,18+;/m1./s1. The van der Waals surface area contributed by atoms with Crippen LogP contribution in [0.1, 0.15) is 38.8 Å². The lowest BCUT2D eigenvalue weighted by molar-refractivity contribution is -0.140. The molecular weight excluding hydrogens is 350 g/mol. The normalized spacial score (nSPS) is 20.5. The first-order valence-corrected chi connectivity index (χ1v) is 8.84. The van der Waals surface area contributed by atoms with Gasteiger partial charge in [0.1, 0.15) is 5.60 Å². The first-order chi connectivity index (χ1) is 11.8. The molecule has 1 N–H and O–H groups in total. The maximum absolute atomic E-state index is 12.5. The summed E-state index contributed by atoms with van der Waals surface area (Å²) >= 11 is 0. The summed E-state index contributed by atoms with van der Waals surface area (Å²) in [6.45, 7) is 10.5. The number of hydrogen-bond donors (Lipinski definition) is 1. The largest absolute Gasteiger partial charge is 0.369 e. The Bertz CT molecular complexity index is 655. The molecule has 1 aliphatic heterocycles. The summed E-state index contributed by atoms with van der Waals surface area (Å²) in [5, 5.41) is 12.2. The predicted octanol–water partition coefficient (Wildman–Crippen LogP) is 2.98. The van der Waals surface area contributed by atoms with Crippen molar-refractivity contribution in [3.8, 4) is 6.07 Å². The topological polar surface area (TPSA) is 65.4 Å². The van der Waals surface area contributed by atoms with Crippen LogP contribution in [0, 0.1) is 23.2 Å². The van der Waals surface area contributed by atoms with E-state index in [9.17, 15) is 4.79 Å². The number of ether oxygens (including phenoxy) is 1. The summed E-state index contributed by atoms with van der Waals surface area (Å²) in [6, 6.07) is 10.0. The van der Waals surface area contributed by atoms with E-state index < -0.39 is 5.60 Å². The first-order valence-electron chi connectivity index (χ1n) is 8.84. The maximum Gasteiger partial charge on any atom is 0.251 e. The molecule has 2 rings (SSSR count). The van der Waals surface area contributed by atoms with Crippen molar-refractivity contribution < 1.29 is 9.53 Å². The number of methoxy groups -OCH3 is 1. The lowest BCUT2D eigenvalue weighted by Crippen LogP contribution is -2.51. The van der Waals surface area contributed by atoms with E-state index in [0.717, 1.165) is 25.2 Å². The number of carbonyl (C=O) groups is 1. The van der Waals surface area contributed by atoms with E-state index in [0.29, 0.717) is 17.4 Å². The van der Waals surface area contributed by atoms with Crippen molar-refractivity contribution in [3.63, 3.8) is 0 Å². The van der Waals surface area contributed by atoms with Gasteiger partial charge in [-0.25, -0.2) is 0 Å². The van der Waals surface area contributed by atoms with Crippen molar-refractivity contribution in [2.45, 2.75) is 45.9 Å². The highest BCUT2D eigenvalue weighted by Gasteiger charge is 2.38. The quantitative estimate of drug-likeness (QED) is 0.825. The van der Waals surface area contributed by atoms with Gasteiger partial charge >= 0.3 is 0 Å². The van der Waals surface area contributed by atoms with E-state index >= 15 is 0 Å². The highest BCUT2D eigenvalue weighted by Crippen LogP contribution is 2.26. The minimum absolute atomic E-state index is 0. The Morgan fingerprint density at radius 1 is 1.42 bits per heavy atom. The van der Waals surface area contributed by atoms with Gasteiger partial charge in [0.2, 0.25) is 0 Å². The Kier molecular flexibility index (Phi) is 8.08. The molecule has 1 amide bonds. The van der Waals surface area contributed by atoms with Crippen molar-refractivity contribution in [2.75, 3.05) is 20.2 Å². The molecule has 0 radical (unpaired) electrons. The van der Waals surface area contributed by atoms with Gasteiger partial charge in [-0.1, -0.05) is 26.0 Å². The van der Waals surface area contributed by atoms with E-state index in [4.69, 9.17) is 10.00 Å². The summed E-state index contributed by atoms with van der Waals surface area (Å²) in [5.74, 6) is 0.807. The number of likely N-dealkylation sites (tertiary alicyclic amines) is 1. The van der Waals surface area contributed by atoms with E-state index in [2.05, 4.69) is 30.1 Å². The molecule has 1 fully saturated rings. The molecule has 1 aliphatic rings. The van der Waals surface area contributed by atoms with Gasteiger partial charge in [0, 0.05) is 32.8 Å². The van der Waals surface area contributed by atoms with Crippen molar-refractivity contribution in [1.29, 1.82) is 5.26 Å². The van der Waals surface area contributed by atoms with Crippen LogP contribution in [0.5, 0.6) is 0 Å². The number of hydrogen-bond acceptors (Lipinski definition) is 4. The van der Waals surface area contributed by atoms with E-state index in [-0.39, 0.29) is 24.4 Å². The fourth-order valence-electron chi connectivity index (χ4n) is 3.30. The smallest absolute Gasteiger partial charge is 0.251 e. The van der Waals surface area contributed by atoms with Crippen molar-refractivity contribution in [2.24, 2.45) is 11.8 Å². The molecular formula is C20H30ClN3O2. The van der Waals surface area contributed by atoms with Crippen molar-refractivity contribution in [3.05, 3.63) is 35.4 Å². The zero-order valence-corrected chi connectivity index (χ0v) is 17.1. The molecule has 5 nitrogen and oxygen atoms in total. The second-order valence-corrected chi connectivity index (χ2v) is 7.71. The van der Waals surface area contributed by atoms with Crippen molar-refractivity contribution >= 4 is 18.3 Å². The summed E-state index contributed by atoms with van der Waals surface area (Å²) in [4.78, 5) is 14.8. The zero-order valence-electron chi connectivity index (χ0n) is 16.3. The molecule has 1 saturated heterocycles. The van der Waals surface area contributed by atoms with Gasteiger partial charge in [-0.05, 0) is 43.4 Å². The number of benzene rings is 1. The lowest BCUT2D eigenvalue weighted by Gasteiger charge is -2.28. The van der Waals surface area contributed by atoms with Crippen LogP contribution in [0.2, 0.25) is 0 Å². The molecule has 0 saturated carbocycles. The van der Waals surface area contributed by atoms with Gasteiger partial charge in [0.15, 0.2) is 0 Å². The van der Waals surface area contributed by atoms with Gasteiger partial charge < -0.3 is 10.1 Å². The fourth-order valence-corrected chi connectivity index (χ4v) is 3.30. The zero-order chi connectivity index (χ0) is 18.6. The number of halogens is 1. The molecule has 0 bridgehead atoms. The molecule has 1 heterocycles. The van der Waals surface area contributed by atoms with Crippen LogP contribution in [0.4, 0.5) is 0 Å². The fraction of sp³-hybridized carbons (Fsp3) is 0.600. The summed E-state index contributed by atoms with van der Waals surface area (Å²) < 4.78 is 5.30. The predicted molar refractivity (Wildman–Crippen MR) is 105 cm³/mol. The Labute approximate surface area is 163 Å². The molecule has 0 aliphatic carbocycles. The van der Waals surface area contributed by atoms with Gasteiger partial charge in [-0.2, -0.15) is 5.26 Å². The van der Waals surface area contributed by atoms with Crippen LogP contribution < -0.4 is 5.32 Å². The van der Waals surface area contributed by atoms with Gasteiger partial charge in [-0.3, -0.25) is 9.69 Å². The molecule has 26 heavy (non-hydrogen) atoms. The third kappa shape index (κ3) is 5.44. The number of nitrogens with one attached hydrogen (secondary N) is 1. The van der Waals surface area contributed by atoms with Crippen LogP contribution in [0.15, 0.2) is 24.3 Å². The summed E-state index contributed by atoms with van der Waals surface area (Å²) in [6.07, 6.45) is 0. The monoisotopic (exact) mass is 379 g/mol. The highest BCUT2D eigenvalue weighted by atomic mass is 35.5. The molecule has 0 unspecified atom stereocenters. The number of carbonyl (C=O) groups excluding carboxylic acids is 1.